The van der Waals surface area contributed by atoms with Crippen LogP contribution in [0.25, 0.3) is 0 Å². The lowest BCUT2D eigenvalue weighted by Crippen LogP contribution is -2.28. The van der Waals surface area contributed by atoms with Crippen LogP contribution in [-0.2, 0) is 19.1 Å². The third kappa shape index (κ3) is 22.5. The molecule has 1 rings (SSSR count). The van der Waals surface area contributed by atoms with Gasteiger partial charge in [0.25, 0.3) is 0 Å². The topological polar surface area (TPSA) is 134 Å². The minimum atomic E-state index is -0.884. The van der Waals surface area contributed by atoms with E-state index >= 15 is 0 Å². The normalized spacial score (nSPS) is 21.2. The Labute approximate surface area is 286 Å². The molecular formula is C39H70O8. The van der Waals surface area contributed by atoms with Crippen molar-refractivity contribution in [3.63, 3.8) is 0 Å². The van der Waals surface area contributed by atoms with Gasteiger partial charge >= 0.3 is 11.9 Å². The Hall–Kier alpha value is -1.74. The van der Waals surface area contributed by atoms with Gasteiger partial charge in [-0.15, -0.1) is 0 Å². The number of allylic oxidation sites excluding steroid dienone is 1. The van der Waals surface area contributed by atoms with E-state index in [-0.39, 0.29) is 37.3 Å². The Morgan fingerprint density at radius 2 is 1.38 bits per heavy atom. The van der Waals surface area contributed by atoms with Crippen molar-refractivity contribution >= 4 is 11.9 Å². The van der Waals surface area contributed by atoms with Gasteiger partial charge in [0.05, 0.1) is 31.3 Å². The average Bonchev–Trinajstić information content (AvgIpc) is 3.31. The smallest absolute Gasteiger partial charge is 0.309 e. The van der Waals surface area contributed by atoms with E-state index in [0.29, 0.717) is 19.3 Å². The number of carbonyl (C=O) groups is 2. The van der Waals surface area contributed by atoms with Gasteiger partial charge in [-0.2, -0.15) is 0 Å². The monoisotopic (exact) mass is 667 g/mol. The van der Waals surface area contributed by atoms with Crippen molar-refractivity contribution in [2.24, 2.45) is 17.8 Å². The number of aliphatic hydroxyl groups is 4. The zero-order valence-corrected chi connectivity index (χ0v) is 30.0. The first kappa shape index (κ1) is 43.3. The number of hydrogen-bond acceptors (Lipinski definition) is 8. The second-order valence-electron chi connectivity index (χ2n) is 14.1. The average molecular weight is 667 g/mol. The molecule has 0 spiro atoms. The summed E-state index contributed by atoms with van der Waals surface area (Å²) in [4.78, 5) is 24.4. The van der Waals surface area contributed by atoms with Gasteiger partial charge in [-0.3, -0.25) is 9.59 Å². The predicted molar refractivity (Wildman–Crippen MR) is 189 cm³/mol. The van der Waals surface area contributed by atoms with Crippen LogP contribution in [0.4, 0.5) is 0 Å². The number of unbranched alkanes of at least 4 members (excludes halogenated alkanes) is 13. The first-order chi connectivity index (χ1) is 22.7. The number of aliphatic hydroxyl groups excluding tert-OH is 4. The minimum Gasteiger partial charge on any atom is -0.461 e. The zero-order valence-electron chi connectivity index (χ0n) is 30.0. The lowest BCUT2D eigenvalue weighted by Gasteiger charge is -2.19. The van der Waals surface area contributed by atoms with Crippen LogP contribution in [0.2, 0.25) is 0 Å². The van der Waals surface area contributed by atoms with Crippen LogP contribution in [-0.4, -0.2) is 70.0 Å². The molecule has 8 nitrogen and oxygen atoms in total. The van der Waals surface area contributed by atoms with Crippen LogP contribution < -0.4 is 0 Å². The molecule has 6 atom stereocenters. The van der Waals surface area contributed by atoms with Gasteiger partial charge in [0.2, 0.25) is 0 Å². The van der Waals surface area contributed by atoms with E-state index in [0.717, 1.165) is 44.4 Å². The van der Waals surface area contributed by atoms with Crippen LogP contribution in [0.1, 0.15) is 156 Å². The maximum Gasteiger partial charge on any atom is 0.309 e. The molecule has 0 amide bonds. The van der Waals surface area contributed by atoms with E-state index in [1.54, 1.807) is 18.2 Å². The second kappa shape index (κ2) is 28.1. The summed E-state index contributed by atoms with van der Waals surface area (Å²) in [6, 6.07) is 0. The maximum atomic E-state index is 12.2. The highest BCUT2D eigenvalue weighted by atomic mass is 16.6. The Kier molecular flexibility index (Phi) is 25.9. The van der Waals surface area contributed by atoms with Crippen molar-refractivity contribution in [2.75, 3.05) is 13.2 Å². The standard InChI is InChI=1S/C39H70O8/c1-4-5-16-22-32(41)26-27-35-34(36(42)28-37(35)43)23-19-20-24-38(44)46-30-33(29-40)47-39(45)25-18-15-13-11-9-7-6-8-10-12-14-17-21-31(2)3/h19-20,26-27,31-37,40-43H,4-18,21-25,28-30H2,1-3H3/b20-19-,27-26+/t32-,33+,34+,35-,36+,37-/m1/s1. The quantitative estimate of drug-likeness (QED) is 0.0362. The summed E-state index contributed by atoms with van der Waals surface area (Å²) in [5.41, 5.74) is 0. The largest absolute Gasteiger partial charge is 0.461 e. The van der Waals surface area contributed by atoms with Gasteiger partial charge < -0.3 is 29.9 Å². The fourth-order valence-electron chi connectivity index (χ4n) is 6.30. The maximum absolute atomic E-state index is 12.2. The Morgan fingerprint density at radius 1 is 0.787 bits per heavy atom. The molecule has 47 heavy (non-hydrogen) atoms. The van der Waals surface area contributed by atoms with Crippen LogP contribution in [0, 0.1) is 17.8 Å². The zero-order chi connectivity index (χ0) is 34.7. The molecule has 0 radical (unpaired) electrons. The van der Waals surface area contributed by atoms with E-state index in [1.807, 2.05) is 6.08 Å². The molecule has 0 heterocycles. The number of esters is 2. The third-order valence-corrected chi connectivity index (χ3v) is 9.28. The van der Waals surface area contributed by atoms with Gasteiger partial charge in [0.15, 0.2) is 6.10 Å². The molecule has 274 valence electrons. The third-order valence-electron chi connectivity index (χ3n) is 9.28. The predicted octanol–water partition coefficient (Wildman–Crippen LogP) is 7.74. The van der Waals surface area contributed by atoms with Gasteiger partial charge in [-0.25, -0.2) is 0 Å². The van der Waals surface area contributed by atoms with Gasteiger partial charge in [0.1, 0.15) is 6.61 Å². The Morgan fingerprint density at radius 3 is 1.98 bits per heavy atom. The summed E-state index contributed by atoms with van der Waals surface area (Å²) in [5, 5.41) is 40.6. The molecule has 0 aromatic carbocycles. The van der Waals surface area contributed by atoms with E-state index < -0.39 is 37.0 Å². The van der Waals surface area contributed by atoms with Crippen LogP contribution in [0.5, 0.6) is 0 Å². The van der Waals surface area contributed by atoms with Crippen molar-refractivity contribution < 1.29 is 39.5 Å². The highest BCUT2D eigenvalue weighted by Gasteiger charge is 2.39. The lowest BCUT2D eigenvalue weighted by atomic mass is 9.89. The molecule has 4 N–H and O–H groups in total. The van der Waals surface area contributed by atoms with Crippen molar-refractivity contribution in [3.8, 4) is 0 Å². The summed E-state index contributed by atoms with van der Waals surface area (Å²) in [5.74, 6) is -0.545. The highest BCUT2D eigenvalue weighted by molar-refractivity contribution is 5.71. The van der Waals surface area contributed by atoms with Crippen molar-refractivity contribution in [1.82, 2.24) is 0 Å². The highest BCUT2D eigenvalue weighted by Crippen LogP contribution is 2.36. The van der Waals surface area contributed by atoms with Gasteiger partial charge in [0, 0.05) is 18.8 Å². The number of ether oxygens (including phenoxy) is 2. The summed E-state index contributed by atoms with van der Waals surface area (Å²) in [7, 11) is 0. The molecule has 1 saturated carbocycles. The van der Waals surface area contributed by atoms with Crippen LogP contribution >= 0.6 is 0 Å². The molecule has 1 fully saturated rings. The summed E-state index contributed by atoms with van der Waals surface area (Å²) < 4.78 is 10.5. The number of carbonyl (C=O) groups excluding carboxylic acids is 2. The fraction of sp³-hybridized carbons (Fsp3) is 0.846. The van der Waals surface area contributed by atoms with Crippen LogP contribution in [0.15, 0.2) is 24.3 Å². The molecule has 0 aromatic heterocycles. The number of hydrogen-bond donors (Lipinski definition) is 4. The molecule has 0 aromatic rings. The molecule has 0 bridgehead atoms. The summed E-state index contributed by atoms with van der Waals surface area (Å²) in [6.07, 6.45) is 25.1. The lowest BCUT2D eigenvalue weighted by molar-refractivity contribution is -0.161. The summed E-state index contributed by atoms with van der Waals surface area (Å²) >= 11 is 0. The van der Waals surface area contributed by atoms with Crippen molar-refractivity contribution in [2.45, 2.75) is 180 Å². The first-order valence-electron chi connectivity index (χ1n) is 19.0. The second-order valence-corrected chi connectivity index (χ2v) is 14.1. The molecular weight excluding hydrogens is 596 g/mol. The van der Waals surface area contributed by atoms with Gasteiger partial charge in [-0.05, 0) is 31.1 Å². The molecule has 0 unspecified atom stereocenters. The number of rotatable bonds is 29. The van der Waals surface area contributed by atoms with E-state index in [1.165, 1.54) is 64.2 Å². The Bertz CT molecular complexity index is 841. The van der Waals surface area contributed by atoms with E-state index in [2.05, 4.69) is 20.8 Å². The minimum absolute atomic E-state index is 0.00650. The molecule has 1 aliphatic rings. The van der Waals surface area contributed by atoms with Crippen molar-refractivity contribution in [1.29, 1.82) is 0 Å². The fourth-order valence-corrected chi connectivity index (χ4v) is 6.30. The summed E-state index contributed by atoms with van der Waals surface area (Å²) in [6.45, 7) is 6.08. The van der Waals surface area contributed by atoms with Gasteiger partial charge in [-0.1, -0.05) is 141 Å². The van der Waals surface area contributed by atoms with E-state index in [4.69, 9.17) is 9.47 Å². The van der Waals surface area contributed by atoms with E-state index in [9.17, 15) is 30.0 Å². The molecule has 0 aliphatic heterocycles. The van der Waals surface area contributed by atoms with Crippen LogP contribution in [0.3, 0.4) is 0 Å². The van der Waals surface area contributed by atoms with Crippen molar-refractivity contribution in [3.05, 3.63) is 24.3 Å². The molecule has 0 saturated heterocycles. The SMILES string of the molecule is CCCCC[C@@H](O)/C=C/[C@@H]1[C@H](C/C=C\CC(=O)OC[C@H](CO)OC(=O)CCCCCCCCCCCCCCC(C)C)[C@@H](O)C[C@H]1O. The molecule has 8 heteroatoms. The first-order valence-corrected chi connectivity index (χ1v) is 19.0. The molecule has 1 aliphatic carbocycles. The Balaban J connectivity index is 2.16.